The van der Waals surface area contributed by atoms with Crippen molar-refractivity contribution in [1.29, 1.82) is 0 Å². The maximum absolute atomic E-state index is 10.7. The van der Waals surface area contributed by atoms with Gasteiger partial charge in [0.1, 0.15) is 0 Å². The summed E-state index contributed by atoms with van der Waals surface area (Å²) < 4.78 is 4.73. The van der Waals surface area contributed by atoms with Gasteiger partial charge in [0.25, 0.3) is 5.69 Å². The Morgan fingerprint density at radius 2 is 2.25 bits per heavy atom. The lowest BCUT2D eigenvalue weighted by molar-refractivity contribution is -0.385. The highest BCUT2D eigenvalue weighted by Gasteiger charge is 2.13. The van der Waals surface area contributed by atoms with Gasteiger partial charge in [-0.1, -0.05) is 0 Å². The zero-order chi connectivity index (χ0) is 11.7. The Hall–Kier alpha value is -2.44. The van der Waals surface area contributed by atoms with E-state index in [0.29, 0.717) is 11.1 Å². The molecule has 0 amide bonds. The maximum Gasteiger partial charge on any atom is 0.434 e. The fraction of sp³-hybridized carbons (Fsp3) is 0.111. The summed E-state index contributed by atoms with van der Waals surface area (Å²) in [5, 5.41) is 16.3. The lowest BCUT2D eigenvalue weighted by atomic mass is 10.1. The Balaban J connectivity index is 2.49. The molecule has 1 N–H and O–H groups in total. The van der Waals surface area contributed by atoms with Gasteiger partial charge < -0.3 is 4.42 Å². The summed E-state index contributed by atoms with van der Waals surface area (Å²) in [5.41, 5.74) is 1.01. The molecule has 2 aromatic rings. The van der Waals surface area contributed by atoms with E-state index in [1.807, 2.05) is 0 Å². The first-order valence-electron chi connectivity index (χ1n) is 4.39. The largest absolute Gasteiger partial charge is 0.434 e. The van der Waals surface area contributed by atoms with Crippen LogP contribution in [0.25, 0.3) is 11.5 Å². The van der Waals surface area contributed by atoms with Gasteiger partial charge in [0.05, 0.1) is 4.92 Å². The standard InChI is InChI=1S/C9H7N3O4/c1-5-4-6(2-3-7(5)12(14)15)8-10-11-9(13)16-8/h2-4H,1H3,(H,11,13). The number of benzene rings is 1. The fourth-order valence-corrected chi connectivity index (χ4v) is 1.35. The van der Waals surface area contributed by atoms with E-state index in [-0.39, 0.29) is 11.6 Å². The van der Waals surface area contributed by atoms with Crippen molar-refractivity contribution >= 4 is 5.69 Å². The number of nitrogens with zero attached hydrogens (tertiary/aromatic N) is 2. The van der Waals surface area contributed by atoms with Crippen LogP contribution in [-0.2, 0) is 0 Å². The SMILES string of the molecule is Cc1cc(-c2n[nH]c(=O)o2)ccc1[N+](=O)[O-]. The second kappa shape index (κ2) is 3.61. The number of nitro groups is 1. The third-order valence-electron chi connectivity index (χ3n) is 2.08. The molecule has 1 heterocycles. The maximum atomic E-state index is 10.7. The normalized spacial score (nSPS) is 10.3. The van der Waals surface area contributed by atoms with Crippen LogP contribution < -0.4 is 5.76 Å². The number of aryl methyl sites for hydroxylation is 1. The first kappa shape index (κ1) is 10.1. The molecule has 0 unspecified atom stereocenters. The van der Waals surface area contributed by atoms with E-state index in [2.05, 4.69) is 10.2 Å². The molecule has 82 valence electrons. The van der Waals surface area contributed by atoms with Crippen LogP contribution in [0.2, 0.25) is 0 Å². The van der Waals surface area contributed by atoms with E-state index < -0.39 is 10.7 Å². The van der Waals surface area contributed by atoms with Gasteiger partial charge in [-0.15, -0.1) is 5.10 Å². The third-order valence-corrected chi connectivity index (χ3v) is 2.08. The molecular weight excluding hydrogens is 214 g/mol. The smallest absolute Gasteiger partial charge is 0.388 e. The van der Waals surface area contributed by atoms with Crippen LogP contribution in [0.3, 0.4) is 0 Å². The van der Waals surface area contributed by atoms with Crippen LogP contribution in [0, 0.1) is 17.0 Å². The van der Waals surface area contributed by atoms with Crippen molar-refractivity contribution < 1.29 is 9.34 Å². The molecule has 0 bridgehead atoms. The van der Waals surface area contributed by atoms with E-state index in [1.165, 1.54) is 18.2 Å². The van der Waals surface area contributed by atoms with Gasteiger partial charge >= 0.3 is 5.76 Å². The topological polar surface area (TPSA) is 102 Å². The monoisotopic (exact) mass is 221 g/mol. The molecule has 0 spiro atoms. The first-order valence-corrected chi connectivity index (χ1v) is 4.39. The van der Waals surface area contributed by atoms with Crippen LogP contribution >= 0.6 is 0 Å². The second-order valence-electron chi connectivity index (χ2n) is 3.18. The van der Waals surface area contributed by atoms with Gasteiger partial charge in [-0.2, -0.15) is 0 Å². The molecule has 16 heavy (non-hydrogen) atoms. The number of hydrogen-bond donors (Lipinski definition) is 1. The highest BCUT2D eigenvalue weighted by Crippen LogP contribution is 2.23. The Kier molecular flexibility index (Phi) is 2.28. The fourth-order valence-electron chi connectivity index (χ4n) is 1.35. The van der Waals surface area contributed by atoms with Crippen molar-refractivity contribution in [3.8, 4) is 11.5 Å². The predicted octanol–water partition coefficient (Wildman–Crippen LogP) is 1.25. The summed E-state index contributed by atoms with van der Waals surface area (Å²) in [4.78, 5) is 20.8. The van der Waals surface area contributed by atoms with Gasteiger partial charge in [-0.05, 0) is 19.1 Å². The average Bonchev–Trinajstić information content (AvgIpc) is 2.64. The first-order chi connectivity index (χ1) is 7.58. The highest BCUT2D eigenvalue weighted by molar-refractivity contribution is 5.58. The van der Waals surface area contributed by atoms with E-state index >= 15 is 0 Å². The molecule has 0 saturated carbocycles. The molecule has 0 saturated heterocycles. The lowest BCUT2D eigenvalue weighted by Gasteiger charge is -1.98. The van der Waals surface area contributed by atoms with Crippen molar-refractivity contribution in [1.82, 2.24) is 10.2 Å². The molecule has 1 aromatic carbocycles. The van der Waals surface area contributed by atoms with Crippen LogP contribution in [-0.4, -0.2) is 15.1 Å². The molecule has 7 nitrogen and oxygen atoms in total. The van der Waals surface area contributed by atoms with Crippen LogP contribution in [0.5, 0.6) is 0 Å². The lowest BCUT2D eigenvalue weighted by Crippen LogP contribution is -1.93. The van der Waals surface area contributed by atoms with Crippen LogP contribution in [0.1, 0.15) is 5.56 Å². The Bertz CT molecular complexity index is 599. The minimum atomic E-state index is -0.661. The third kappa shape index (κ3) is 1.70. The summed E-state index contributed by atoms with van der Waals surface area (Å²) in [6.07, 6.45) is 0. The van der Waals surface area contributed by atoms with Crippen molar-refractivity contribution in [2.75, 3.05) is 0 Å². The summed E-state index contributed by atoms with van der Waals surface area (Å²) >= 11 is 0. The number of rotatable bonds is 2. The number of H-pyrrole nitrogens is 1. The van der Waals surface area contributed by atoms with Crippen LogP contribution in [0.4, 0.5) is 5.69 Å². The van der Waals surface area contributed by atoms with Gasteiger partial charge in [-0.3, -0.25) is 10.1 Å². The quantitative estimate of drug-likeness (QED) is 0.607. The molecule has 0 aliphatic heterocycles. The molecule has 2 rings (SSSR count). The minimum absolute atomic E-state index is 0.0154. The van der Waals surface area contributed by atoms with E-state index in [0.717, 1.165) is 0 Å². The van der Waals surface area contributed by atoms with E-state index in [4.69, 9.17) is 4.42 Å². The number of aromatic nitrogens is 2. The summed E-state index contributed by atoms with van der Waals surface area (Å²) in [7, 11) is 0. The van der Waals surface area contributed by atoms with Crippen molar-refractivity contribution in [2.24, 2.45) is 0 Å². The number of hydrogen-bond acceptors (Lipinski definition) is 5. The zero-order valence-corrected chi connectivity index (χ0v) is 8.26. The second-order valence-corrected chi connectivity index (χ2v) is 3.18. The molecule has 0 aliphatic carbocycles. The Labute approximate surface area is 88.9 Å². The number of aromatic amines is 1. The minimum Gasteiger partial charge on any atom is -0.388 e. The summed E-state index contributed by atoms with van der Waals surface area (Å²) in [6.45, 7) is 1.60. The molecule has 0 atom stereocenters. The van der Waals surface area contributed by atoms with Gasteiger partial charge in [0.15, 0.2) is 0 Å². The number of nitro benzene ring substituents is 1. The average molecular weight is 221 g/mol. The zero-order valence-electron chi connectivity index (χ0n) is 8.26. The Morgan fingerprint density at radius 1 is 1.50 bits per heavy atom. The van der Waals surface area contributed by atoms with Crippen molar-refractivity contribution in [3.05, 3.63) is 44.4 Å². The van der Waals surface area contributed by atoms with Crippen molar-refractivity contribution in [3.63, 3.8) is 0 Å². The molecule has 7 heteroatoms. The van der Waals surface area contributed by atoms with E-state index in [1.54, 1.807) is 6.92 Å². The summed E-state index contributed by atoms with van der Waals surface area (Å²) in [5.74, 6) is -0.547. The predicted molar refractivity (Wildman–Crippen MR) is 54.0 cm³/mol. The van der Waals surface area contributed by atoms with E-state index in [9.17, 15) is 14.9 Å². The van der Waals surface area contributed by atoms with Gasteiger partial charge in [0, 0.05) is 17.2 Å². The van der Waals surface area contributed by atoms with Gasteiger partial charge in [0.2, 0.25) is 5.89 Å². The molecular formula is C9H7N3O4. The van der Waals surface area contributed by atoms with Gasteiger partial charge in [-0.25, -0.2) is 9.89 Å². The molecule has 0 radical (unpaired) electrons. The molecule has 1 aromatic heterocycles. The highest BCUT2D eigenvalue weighted by atomic mass is 16.6. The molecule has 0 fully saturated rings. The number of nitrogens with one attached hydrogen (secondary N) is 1. The molecule has 0 aliphatic rings. The Morgan fingerprint density at radius 3 is 2.75 bits per heavy atom. The van der Waals surface area contributed by atoms with Crippen molar-refractivity contribution in [2.45, 2.75) is 6.92 Å². The summed E-state index contributed by atoms with van der Waals surface area (Å²) in [6, 6.07) is 4.36. The van der Waals surface area contributed by atoms with Crippen LogP contribution in [0.15, 0.2) is 27.4 Å².